The smallest absolute Gasteiger partial charge is 0.383 e. The molecule has 0 unspecified atom stereocenters. The van der Waals surface area contributed by atoms with Crippen LogP contribution in [-0.4, -0.2) is 31.8 Å². The number of nitrogens with two attached hydrogens (primary N) is 1. The molecule has 1 aliphatic heterocycles. The molecule has 0 radical (unpaired) electrons. The summed E-state index contributed by atoms with van der Waals surface area (Å²) in [7, 11) is 0. The van der Waals surface area contributed by atoms with Crippen LogP contribution in [0.1, 0.15) is 37.9 Å². The molecule has 0 fully saturated rings. The monoisotopic (exact) mass is 422 g/mol. The lowest BCUT2D eigenvalue weighted by Gasteiger charge is -2.16. The van der Waals surface area contributed by atoms with Crippen molar-refractivity contribution < 1.29 is 22.4 Å². The summed E-state index contributed by atoms with van der Waals surface area (Å²) in [6, 6.07) is 3.87. The number of carbonyl (C=O) groups is 1. The maximum atomic E-state index is 13.8. The van der Waals surface area contributed by atoms with Crippen LogP contribution in [-0.2, 0) is 16.6 Å². The summed E-state index contributed by atoms with van der Waals surface area (Å²) in [4.78, 5) is 20.8. The maximum absolute atomic E-state index is 13.8. The number of nitrogen functional groups attached to an aromatic ring is 1. The molecular weight excluding hydrogens is 404 g/mol. The number of hydrogen-bond acceptors (Lipinski definition) is 5. The van der Waals surface area contributed by atoms with E-state index in [9.17, 15) is 22.4 Å². The normalized spacial score (nSPS) is 15.5. The molecule has 0 bridgehead atoms. The fourth-order valence-electron chi connectivity index (χ4n) is 3.59. The lowest BCUT2D eigenvalue weighted by molar-refractivity contribution is -0.135. The minimum Gasteiger partial charge on any atom is -0.383 e. The highest BCUT2D eigenvalue weighted by Crippen LogP contribution is 2.39. The van der Waals surface area contributed by atoms with Gasteiger partial charge in [-0.25, -0.2) is 4.39 Å². The Morgan fingerprint density at radius 2 is 1.97 bits per heavy atom. The zero-order valence-corrected chi connectivity index (χ0v) is 16.1. The van der Waals surface area contributed by atoms with Gasteiger partial charge in [0.15, 0.2) is 0 Å². The Morgan fingerprint density at radius 3 is 2.67 bits per heavy atom. The molecule has 3 aromatic rings. The molecule has 3 N–H and O–H groups in total. The predicted molar refractivity (Wildman–Crippen MR) is 102 cm³/mol. The number of amides is 1. The van der Waals surface area contributed by atoms with E-state index in [1.165, 1.54) is 22.9 Å². The Morgan fingerprint density at radius 1 is 1.23 bits per heavy atom. The second kappa shape index (κ2) is 6.64. The molecule has 3 heterocycles. The van der Waals surface area contributed by atoms with Crippen LogP contribution in [0.3, 0.4) is 0 Å². The third-order valence-electron chi connectivity index (χ3n) is 5.13. The number of nitrogens with zero attached hydrogens (tertiary/aromatic N) is 4. The Balaban J connectivity index is 1.80. The van der Waals surface area contributed by atoms with Gasteiger partial charge in [-0.05, 0) is 44.9 Å². The zero-order chi connectivity index (χ0) is 21.8. The van der Waals surface area contributed by atoms with E-state index in [1.807, 2.05) is 0 Å². The van der Waals surface area contributed by atoms with Crippen molar-refractivity contribution >= 4 is 28.4 Å². The summed E-state index contributed by atoms with van der Waals surface area (Å²) in [5, 5.41) is 7.35. The van der Waals surface area contributed by atoms with Crippen molar-refractivity contribution in [3.8, 4) is 5.95 Å². The Bertz CT molecular complexity index is 1170. The average Bonchev–Trinajstić information content (AvgIpc) is 3.08. The van der Waals surface area contributed by atoms with Crippen LogP contribution in [0.15, 0.2) is 18.2 Å². The van der Waals surface area contributed by atoms with Gasteiger partial charge in [-0.3, -0.25) is 4.79 Å². The summed E-state index contributed by atoms with van der Waals surface area (Å²) in [5.74, 6) is -0.457. The van der Waals surface area contributed by atoms with E-state index in [-0.39, 0.29) is 36.3 Å². The number of halogens is 4. The van der Waals surface area contributed by atoms with Gasteiger partial charge < -0.3 is 11.1 Å². The summed E-state index contributed by atoms with van der Waals surface area (Å²) >= 11 is 0. The van der Waals surface area contributed by atoms with Crippen LogP contribution in [0.4, 0.5) is 29.2 Å². The SMILES string of the molecule is CC1(C)C(=O)Nc2nc(-n3nc(CCCC(F)(F)F)c4cc(F)ccc43)nc(N)c21. The average molecular weight is 422 g/mol. The van der Waals surface area contributed by atoms with Gasteiger partial charge in [-0.1, -0.05) is 0 Å². The van der Waals surface area contributed by atoms with Crippen molar-refractivity contribution in [2.24, 2.45) is 0 Å². The van der Waals surface area contributed by atoms with Gasteiger partial charge in [0.1, 0.15) is 17.5 Å². The van der Waals surface area contributed by atoms with Crippen LogP contribution in [0.5, 0.6) is 0 Å². The number of aryl methyl sites for hydroxylation is 1. The number of alkyl halides is 3. The minimum absolute atomic E-state index is 0.00332. The van der Waals surface area contributed by atoms with Gasteiger partial charge in [-0.15, -0.1) is 0 Å². The van der Waals surface area contributed by atoms with E-state index in [4.69, 9.17) is 5.73 Å². The van der Waals surface area contributed by atoms with E-state index in [0.717, 1.165) is 0 Å². The van der Waals surface area contributed by atoms with Crippen LogP contribution in [0.25, 0.3) is 16.9 Å². The molecular formula is C19H18F4N6O. The highest BCUT2D eigenvalue weighted by atomic mass is 19.4. The third-order valence-corrected chi connectivity index (χ3v) is 5.13. The van der Waals surface area contributed by atoms with Crippen molar-refractivity contribution in [2.45, 2.75) is 44.7 Å². The molecule has 0 saturated carbocycles. The highest BCUT2D eigenvalue weighted by Gasteiger charge is 2.42. The summed E-state index contributed by atoms with van der Waals surface area (Å²) in [5.41, 5.74) is 6.35. The molecule has 158 valence electrons. The number of carbonyl (C=O) groups excluding carboxylic acids is 1. The summed E-state index contributed by atoms with van der Waals surface area (Å²) in [6.07, 6.45) is -5.45. The van der Waals surface area contributed by atoms with Crippen LogP contribution < -0.4 is 11.1 Å². The first-order valence-electron chi connectivity index (χ1n) is 9.21. The number of nitrogens with one attached hydrogen (secondary N) is 1. The van der Waals surface area contributed by atoms with E-state index in [0.29, 0.717) is 22.2 Å². The van der Waals surface area contributed by atoms with Crippen LogP contribution in [0, 0.1) is 5.82 Å². The first kappa shape index (κ1) is 20.0. The highest BCUT2D eigenvalue weighted by molar-refractivity contribution is 6.06. The summed E-state index contributed by atoms with van der Waals surface area (Å²) < 4.78 is 52.6. The largest absolute Gasteiger partial charge is 0.389 e. The molecule has 7 nitrogen and oxygen atoms in total. The van der Waals surface area contributed by atoms with Crippen molar-refractivity contribution in [2.75, 3.05) is 11.1 Å². The van der Waals surface area contributed by atoms with Gasteiger partial charge in [0.2, 0.25) is 5.91 Å². The number of anilines is 2. The standard InChI is InChI=1S/C19H18F4N6O/c1-18(2)13-14(24)25-17(27-15(13)26-16(18)30)29-12-6-5-9(20)8-10(12)11(28-29)4-3-7-19(21,22)23/h5-6,8H,3-4,7H2,1-2H3,(H3,24,25,26,27,30). The number of benzene rings is 1. The second-order valence-corrected chi connectivity index (χ2v) is 7.70. The Labute approximate surface area is 168 Å². The van der Waals surface area contributed by atoms with Crippen molar-refractivity contribution in [3.05, 3.63) is 35.3 Å². The molecule has 2 aromatic heterocycles. The molecule has 1 aliphatic rings. The number of hydrogen-bond donors (Lipinski definition) is 2. The van der Waals surface area contributed by atoms with Gasteiger partial charge >= 0.3 is 6.18 Å². The number of rotatable bonds is 4. The quantitative estimate of drug-likeness (QED) is 0.626. The first-order chi connectivity index (χ1) is 14.0. The molecule has 4 rings (SSSR count). The topological polar surface area (TPSA) is 98.7 Å². The van der Waals surface area contributed by atoms with Crippen LogP contribution in [0.2, 0.25) is 0 Å². The number of aromatic nitrogens is 4. The van der Waals surface area contributed by atoms with Crippen molar-refractivity contribution in [1.82, 2.24) is 19.7 Å². The van der Waals surface area contributed by atoms with Gasteiger partial charge in [-0.2, -0.15) is 32.9 Å². The fourth-order valence-corrected chi connectivity index (χ4v) is 3.59. The van der Waals surface area contributed by atoms with E-state index in [1.54, 1.807) is 13.8 Å². The Hall–Kier alpha value is -3.24. The zero-order valence-electron chi connectivity index (χ0n) is 16.1. The van der Waals surface area contributed by atoms with E-state index in [2.05, 4.69) is 20.4 Å². The Kier molecular flexibility index (Phi) is 4.44. The molecule has 1 amide bonds. The lowest BCUT2D eigenvalue weighted by atomic mass is 9.87. The molecule has 30 heavy (non-hydrogen) atoms. The van der Waals surface area contributed by atoms with Gasteiger partial charge in [0.25, 0.3) is 5.95 Å². The molecule has 1 aromatic carbocycles. The fraction of sp³-hybridized carbons (Fsp3) is 0.368. The van der Waals surface area contributed by atoms with Gasteiger partial charge in [0.05, 0.1) is 22.2 Å². The molecule has 0 atom stereocenters. The van der Waals surface area contributed by atoms with Gasteiger partial charge in [0, 0.05) is 11.8 Å². The second-order valence-electron chi connectivity index (χ2n) is 7.70. The maximum Gasteiger partial charge on any atom is 0.389 e. The predicted octanol–water partition coefficient (Wildman–Crippen LogP) is 3.65. The molecule has 0 saturated heterocycles. The molecule has 11 heteroatoms. The lowest BCUT2D eigenvalue weighted by Crippen LogP contribution is -2.27. The van der Waals surface area contributed by atoms with E-state index < -0.39 is 23.8 Å². The first-order valence-corrected chi connectivity index (χ1v) is 9.21. The molecule has 0 aliphatic carbocycles. The summed E-state index contributed by atoms with van der Waals surface area (Å²) in [6.45, 7) is 3.39. The van der Waals surface area contributed by atoms with Crippen molar-refractivity contribution in [3.63, 3.8) is 0 Å². The number of fused-ring (bicyclic) bond motifs is 2. The third kappa shape index (κ3) is 3.33. The molecule has 0 spiro atoms. The minimum atomic E-state index is -4.29. The van der Waals surface area contributed by atoms with E-state index >= 15 is 0 Å². The van der Waals surface area contributed by atoms with Crippen molar-refractivity contribution in [1.29, 1.82) is 0 Å². The van der Waals surface area contributed by atoms with Crippen LogP contribution >= 0.6 is 0 Å².